The molecule has 18 heavy (non-hydrogen) atoms. The molecule has 3 heteroatoms. The van der Waals surface area contributed by atoms with Gasteiger partial charge in [-0.05, 0) is 52.9 Å². The van der Waals surface area contributed by atoms with Gasteiger partial charge in [-0.2, -0.15) is 0 Å². The molecule has 0 spiro atoms. The number of rotatable bonds is 7. The van der Waals surface area contributed by atoms with Crippen LogP contribution in [0.15, 0.2) is 22.7 Å². The molecule has 2 nitrogen and oxygen atoms in total. The molecule has 0 aliphatic rings. The van der Waals surface area contributed by atoms with Gasteiger partial charge >= 0.3 is 0 Å². The van der Waals surface area contributed by atoms with Gasteiger partial charge in [-0.3, -0.25) is 4.79 Å². The third-order valence-corrected chi connectivity index (χ3v) is 3.28. The molecule has 0 bridgehead atoms. The highest BCUT2D eigenvalue weighted by Crippen LogP contribution is 2.27. The summed E-state index contributed by atoms with van der Waals surface area (Å²) >= 11 is 3.45. The Morgan fingerprint density at radius 3 is 2.67 bits per heavy atom. The van der Waals surface area contributed by atoms with E-state index in [1.54, 1.807) is 0 Å². The summed E-state index contributed by atoms with van der Waals surface area (Å²) in [5.41, 5.74) is 0.756. The van der Waals surface area contributed by atoms with Crippen LogP contribution in [-0.4, -0.2) is 12.4 Å². The summed E-state index contributed by atoms with van der Waals surface area (Å²) in [7, 11) is 0. The maximum Gasteiger partial charge on any atom is 0.162 e. The summed E-state index contributed by atoms with van der Waals surface area (Å²) in [6.45, 7) is 7.02. The smallest absolute Gasteiger partial charge is 0.162 e. The number of ether oxygens (including phenoxy) is 1. The SMILES string of the molecule is CCCOc1ccc(C(=O)CCC(C)C)cc1Br. The standard InChI is InChI=1S/C15H21BrO2/c1-4-9-18-15-8-6-12(10-13(15)16)14(17)7-5-11(2)3/h6,8,10-11H,4-5,7,9H2,1-3H3. The summed E-state index contributed by atoms with van der Waals surface area (Å²) in [5, 5.41) is 0. The Bertz CT molecular complexity index is 399. The molecule has 0 heterocycles. The average Bonchev–Trinajstić information content (AvgIpc) is 2.34. The first-order valence-electron chi connectivity index (χ1n) is 6.50. The normalized spacial score (nSPS) is 10.7. The molecule has 1 rings (SSSR count). The molecule has 1 aromatic carbocycles. The van der Waals surface area contributed by atoms with Crippen LogP contribution < -0.4 is 4.74 Å². The maximum absolute atomic E-state index is 12.0. The van der Waals surface area contributed by atoms with Crippen molar-refractivity contribution in [3.63, 3.8) is 0 Å². The van der Waals surface area contributed by atoms with E-state index in [2.05, 4.69) is 36.7 Å². The Labute approximate surface area is 118 Å². The van der Waals surface area contributed by atoms with Crippen molar-refractivity contribution in [1.29, 1.82) is 0 Å². The van der Waals surface area contributed by atoms with Crippen LogP contribution >= 0.6 is 15.9 Å². The van der Waals surface area contributed by atoms with E-state index in [9.17, 15) is 4.79 Å². The topological polar surface area (TPSA) is 26.3 Å². The number of Topliss-reactive ketones (excluding diaryl/α,β-unsaturated/α-hetero) is 1. The predicted molar refractivity (Wildman–Crippen MR) is 78.3 cm³/mol. The molecule has 1 aromatic rings. The van der Waals surface area contributed by atoms with Crippen molar-refractivity contribution < 1.29 is 9.53 Å². The molecule has 0 unspecified atom stereocenters. The van der Waals surface area contributed by atoms with Gasteiger partial charge in [-0.1, -0.05) is 20.8 Å². The molecule has 0 saturated carbocycles. The first-order chi connectivity index (χ1) is 8.54. The number of halogens is 1. The quantitative estimate of drug-likeness (QED) is 0.672. The molecule has 0 amide bonds. The first-order valence-corrected chi connectivity index (χ1v) is 7.29. The lowest BCUT2D eigenvalue weighted by Crippen LogP contribution is -2.02. The zero-order valence-electron chi connectivity index (χ0n) is 11.3. The third-order valence-electron chi connectivity index (χ3n) is 2.66. The van der Waals surface area contributed by atoms with Crippen LogP contribution in [0, 0.1) is 5.92 Å². The molecule has 0 aliphatic heterocycles. The molecule has 0 aromatic heterocycles. The number of ketones is 1. The van der Waals surface area contributed by atoms with Crippen molar-refractivity contribution in [1.82, 2.24) is 0 Å². The maximum atomic E-state index is 12.0. The average molecular weight is 313 g/mol. The van der Waals surface area contributed by atoms with E-state index in [0.29, 0.717) is 18.9 Å². The van der Waals surface area contributed by atoms with E-state index in [1.807, 2.05) is 18.2 Å². The fraction of sp³-hybridized carbons (Fsp3) is 0.533. The van der Waals surface area contributed by atoms with Crippen molar-refractivity contribution in [2.75, 3.05) is 6.61 Å². The van der Waals surface area contributed by atoms with Gasteiger partial charge < -0.3 is 4.74 Å². The van der Waals surface area contributed by atoms with Gasteiger partial charge in [-0.15, -0.1) is 0 Å². The Hall–Kier alpha value is -0.830. The first kappa shape index (κ1) is 15.2. The molecular formula is C15H21BrO2. The van der Waals surface area contributed by atoms with Crippen LogP contribution in [0.5, 0.6) is 5.75 Å². The Morgan fingerprint density at radius 2 is 2.11 bits per heavy atom. The molecule has 0 saturated heterocycles. The van der Waals surface area contributed by atoms with Gasteiger partial charge in [0, 0.05) is 12.0 Å². The predicted octanol–water partition coefficient (Wildman–Crippen LogP) is 4.86. The molecular weight excluding hydrogens is 292 g/mol. The van der Waals surface area contributed by atoms with E-state index in [1.165, 1.54) is 0 Å². The summed E-state index contributed by atoms with van der Waals surface area (Å²) in [4.78, 5) is 12.0. The van der Waals surface area contributed by atoms with Gasteiger partial charge in [0.25, 0.3) is 0 Å². The van der Waals surface area contributed by atoms with Crippen LogP contribution in [0.4, 0.5) is 0 Å². The molecule has 0 atom stereocenters. The number of carbonyl (C=O) groups is 1. The molecule has 0 N–H and O–H groups in total. The Kier molecular flexibility index (Phi) is 6.41. The van der Waals surface area contributed by atoms with Gasteiger partial charge in [0.2, 0.25) is 0 Å². The third kappa shape index (κ3) is 4.81. The van der Waals surface area contributed by atoms with Gasteiger partial charge in [0.05, 0.1) is 11.1 Å². The van der Waals surface area contributed by atoms with Crippen LogP contribution in [-0.2, 0) is 0 Å². The van der Waals surface area contributed by atoms with Gasteiger partial charge in [-0.25, -0.2) is 0 Å². The van der Waals surface area contributed by atoms with Crippen LogP contribution in [0.25, 0.3) is 0 Å². The van der Waals surface area contributed by atoms with E-state index in [-0.39, 0.29) is 5.78 Å². The minimum Gasteiger partial charge on any atom is -0.492 e. The second-order valence-electron chi connectivity index (χ2n) is 4.85. The van der Waals surface area contributed by atoms with Gasteiger partial charge in [0.15, 0.2) is 5.78 Å². The van der Waals surface area contributed by atoms with Crippen LogP contribution in [0.3, 0.4) is 0 Å². The van der Waals surface area contributed by atoms with Crippen molar-refractivity contribution in [3.05, 3.63) is 28.2 Å². The Balaban J connectivity index is 2.68. The summed E-state index contributed by atoms with van der Waals surface area (Å²) < 4.78 is 6.41. The van der Waals surface area contributed by atoms with Crippen molar-refractivity contribution >= 4 is 21.7 Å². The number of benzene rings is 1. The van der Waals surface area contributed by atoms with Crippen LogP contribution in [0.2, 0.25) is 0 Å². The van der Waals surface area contributed by atoms with Crippen molar-refractivity contribution in [2.24, 2.45) is 5.92 Å². The molecule has 0 fully saturated rings. The monoisotopic (exact) mass is 312 g/mol. The zero-order valence-corrected chi connectivity index (χ0v) is 12.9. The fourth-order valence-corrected chi connectivity index (χ4v) is 2.06. The summed E-state index contributed by atoms with van der Waals surface area (Å²) in [6.07, 6.45) is 2.52. The summed E-state index contributed by atoms with van der Waals surface area (Å²) in [5.74, 6) is 1.56. The minimum atomic E-state index is 0.200. The summed E-state index contributed by atoms with van der Waals surface area (Å²) in [6, 6.07) is 5.56. The molecule has 100 valence electrons. The highest BCUT2D eigenvalue weighted by Gasteiger charge is 2.10. The number of carbonyl (C=O) groups excluding carboxylic acids is 1. The molecule has 0 radical (unpaired) electrons. The highest BCUT2D eigenvalue weighted by atomic mass is 79.9. The van der Waals surface area contributed by atoms with Gasteiger partial charge in [0.1, 0.15) is 5.75 Å². The second kappa shape index (κ2) is 7.57. The lowest BCUT2D eigenvalue weighted by Gasteiger charge is -2.09. The van der Waals surface area contributed by atoms with E-state index >= 15 is 0 Å². The lowest BCUT2D eigenvalue weighted by molar-refractivity contribution is 0.0975. The number of hydrogen-bond donors (Lipinski definition) is 0. The van der Waals surface area contributed by atoms with Crippen molar-refractivity contribution in [3.8, 4) is 5.75 Å². The van der Waals surface area contributed by atoms with E-state index in [0.717, 1.165) is 28.6 Å². The van der Waals surface area contributed by atoms with E-state index < -0.39 is 0 Å². The van der Waals surface area contributed by atoms with Crippen molar-refractivity contribution in [2.45, 2.75) is 40.0 Å². The van der Waals surface area contributed by atoms with Crippen LogP contribution in [0.1, 0.15) is 50.4 Å². The van der Waals surface area contributed by atoms with E-state index in [4.69, 9.17) is 4.74 Å². The minimum absolute atomic E-state index is 0.200. The Morgan fingerprint density at radius 1 is 1.39 bits per heavy atom. The fourth-order valence-electron chi connectivity index (χ4n) is 1.57. The zero-order chi connectivity index (χ0) is 13.5. The second-order valence-corrected chi connectivity index (χ2v) is 5.70. The largest absolute Gasteiger partial charge is 0.492 e. The molecule has 0 aliphatic carbocycles. The highest BCUT2D eigenvalue weighted by molar-refractivity contribution is 9.10. The number of hydrogen-bond acceptors (Lipinski definition) is 2. The lowest BCUT2D eigenvalue weighted by atomic mass is 10.0.